The van der Waals surface area contributed by atoms with Crippen LogP contribution in [0.15, 0.2) is 42.6 Å². The number of halogens is 1. The van der Waals surface area contributed by atoms with Gasteiger partial charge in [-0.3, -0.25) is 0 Å². The first-order chi connectivity index (χ1) is 7.18. The third-order valence-electron chi connectivity index (χ3n) is 2.04. The standard InChI is InChI=1S/C11H8INO2/c12-8-6-10(11(14)15)13(7-8)9-4-2-1-3-5-9/h1-7H,(H,14,15). The number of rotatable bonds is 2. The number of hydrogen-bond acceptors (Lipinski definition) is 1. The Morgan fingerprint density at radius 2 is 1.93 bits per heavy atom. The van der Waals surface area contributed by atoms with E-state index in [2.05, 4.69) is 22.6 Å². The van der Waals surface area contributed by atoms with Gasteiger partial charge in [-0.15, -0.1) is 0 Å². The number of nitrogens with zero attached hydrogens (tertiary/aromatic N) is 1. The van der Waals surface area contributed by atoms with Gasteiger partial charge in [0.05, 0.1) is 0 Å². The second-order valence-electron chi connectivity index (χ2n) is 3.05. The summed E-state index contributed by atoms with van der Waals surface area (Å²) in [5.74, 6) is -0.915. The molecule has 2 aromatic rings. The molecule has 15 heavy (non-hydrogen) atoms. The Labute approximate surface area is 100 Å². The summed E-state index contributed by atoms with van der Waals surface area (Å²) in [6, 6.07) is 11.1. The van der Waals surface area contributed by atoms with Gasteiger partial charge < -0.3 is 9.67 Å². The van der Waals surface area contributed by atoms with E-state index >= 15 is 0 Å². The van der Waals surface area contributed by atoms with E-state index in [-0.39, 0.29) is 5.69 Å². The number of carboxylic acid groups (broad SMARTS) is 1. The fourth-order valence-corrected chi connectivity index (χ4v) is 1.97. The minimum atomic E-state index is -0.915. The smallest absolute Gasteiger partial charge is 0.352 e. The van der Waals surface area contributed by atoms with Crippen molar-refractivity contribution in [2.24, 2.45) is 0 Å². The first-order valence-corrected chi connectivity index (χ1v) is 5.43. The molecule has 76 valence electrons. The molecule has 4 heteroatoms. The number of para-hydroxylation sites is 1. The summed E-state index contributed by atoms with van der Waals surface area (Å²) in [4.78, 5) is 11.0. The van der Waals surface area contributed by atoms with Crippen LogP contribution >= 0.6 is 22.6 Å². The van der Waals surface area contributed by atoms with E-state index in [1.54, 1.807) is 16.8 Å². The maximum absolute atomic E-state index is 11.0. The van der Waals surface area contributed by atoms with Crippen LogP contribution in [-0.4, -0.2) is 15.6 Å². The second kappa shape index (κ2) is 4.06. The fraction of sp³-hybridized carbons (Fsp3) is 0. The molecule has 1 aromatic carbocycles. The number of carboxylic acids is 1. The summed E-state index contributed by atoms with van der Waals surface area (Å²) in [5, 5.41) is 9.02. The summed E-state index contributed by atoms with van der Waals surface area (Å²) < 4.78 is 2.58. The lowest BCUT2D eigenvalue weighted by molar-refractivity contribution is 0.0688. The van der Waals surface area contributed by atoms with Crippen molar-refractivity contribution in [2.75, 3.05) is 0 Å². The van der Waals surface area contributed by atoms with Crippen molar-refractivity contribution in [1.82, 2.24) is 4.57 Å². The molecule has 2 rings (SSSR count). The van der Waals surface area contributed by atoms with E-state index in [4.69, 9.17) is 5.11 Å². The van der Waals surface area contributed by atoms with Crippen LogP contribution in [0.25, 0.3) is 5.69 Å². The van der Waals surface area contributed by atoms with Gasteiger partial charge in [-0.05, 0) is 40.8 Å². The van der Waals surface area contributed by atoms with Crippen LogP contribution in [0.4, 0.5) is 0 Å². The van der Waals surface area contributed by atoms with Gasteiger partial charge in [0.25, 0.3) is 0 Å². The molecular formula is C11H8INO2. The molecule has 0 saturated heterocycles. The van der Waals surface area contributed by atoms with E-state index in [1.807, 2.05) is 30.3 Å². The van der Waals surface area contributed by atoms with E-state index in [9.17, 15) is 4.79 Å². The van der Waals surface area contributed by atoms with Gasteiger partial charge in [0.1, 0.15) is 5.69 Å². The highest BCUT2D eigenvalue weighted by Gasteiger charge is 2.12. The predicted octanol–water partition coefficient (Wildman–Crippen LogP) is 2.78. The lowest BCUT2D eigenvalue weighted by Crippen LogP contribution is -2.05. The van der Waals surface area contributed by atoms with Gasteiger partial charge in [-0.25, -0.2) is 4.79 Å². The van der Waals surface area contributed by atoms with Crippen LogP contribution in [0.1, 0.15) is 10.5 Å². The zero-order valence-electron chi connectivity index (χ0n) is 7.72. The zero-order valence-corrected chi connectivity index (χ0v) is 9.88. The average molecular weight is 313 g/mol. The first-order valence-electron chi connectivity index (χ1n) is 4.35. The number of aromatic nitrogens is 1. The Bertz CT molecular complexity index is 491. The van der Waals surface area contributed by atoms with Gasteiger partial charge in [0.15, 0.2) is 0 Å². The molecule has 0 unspecified atom stereocenters. The van der Waals surface area contributed by atoms with Crippen molar-refractivity contribution in [1.29, 1.82) is 0 Å². The van der Waals surface area contributed by atoms with Crippen LogP contribution in [0.3, 0.4) is 0 Å². The highest BCUT2D eigenvalue weighted by molar-refractivity contribution is 14.1. The molecule has 0 amide bonds. The molecule has 0 saturated carbocycles. The largest absolute Gasteiger partial charge is 0.477 e. The Balaban J connectivity index is 2.58. The van der Waals surface area contributed by atoms with E-state index in [0.29, 0.717) is 0 Å². The summed E-state index contributed by atoms with van der Waals surface area (Å²) >= 11 is 2.10. The van der Waals surface area contributed by atoms with Crippen LogP contribution in [0.2, 0.25) is 0 Å². The lowest BCUT2D eigenvalue weighted by atomic mass is 10.3. The van der Waals surface area contributed by atoms with E-state index < -0.39 is 5.97 Å². The molecule has 0 atom stereocenters. The Morgan fingerprint density at radius 3 is 2.53 bits per heavy atom. The van der Waals surface area contributed by atoms with Crippen LogP contribution in [0, 0.1) is 3.57 Å². The monoisotopic (exact) mass is 313 g/mol. The Kier molecular flexibility index (Phi) is 2.77. The fourth-order valence-electron chi connectivity index (χ4n) is 1.40. The SMILES string of the molecule is O=C(O)c1cc(I)cn1-c1ccccc1. The van der Waals surface area contributed by atoms with Gasteiger partial charge in [-0.1, -0.05) is 18.2 Å². The third kappa shape index (κ3) is 2.04. The normalized spacial score (nSPS) is 10.2. The second-order valence-corrected chi connectivity index (χ2v) is 4.30. The molecule has 1 N–H and O–H groups in total. The number of carbonyl (C=O) groups is 1. The number of hydrogen-bond donors (Lipinski definition) is 1. The molecule has 0 aliphatic rings. The Hall–Kier alpha value is -1.30. The van der Waals surface area contributed by atoms with E-state index in [1.165, 1.54) is 0 Å². The maximum atomic E-state index is 11.0. The van der Waals surface area contributed by atoms with Crippen molar-refractivity contribution in [3.05, 3.63) is 51.9 Å². The molecule has 1 aromatic heterocycles. The quantitative estimate of drug-likeness (QED) is 0.866. The number of aromatic carboxylic acids is 1. The molecular weight excluding hydrogens is 305 g/mol. The molecule has 1 heterocycles. The third-order valence-corrected chi connectivity index (χ3v) is 2.63. The van der Waals surface area contributed by atoms with Crippen LogP contribution < -0.4 is 0 Å². The summed E-state index contributed by atoms with van der Waals surface area (Å²) in [6.07, 6.45) is 1.80. The molecule has 0 bridgehead atoms. The average Bonchev–Trinajstić information content (AvgIpc) is 2.62. The molecule has 0 radical (unpaired) electrons. The highest BCUT2D eigenvalue weighted by Crippen LogP contribution is 2.17. The molecule has 0 aliphatic heterocycles. The minimum Gasteiger partial charge on any atom is -0.477 e. The molecule has 3 nitrogen and oxygen atoms in total. The summed E-state index contributed by atoms with van der Waals surface area (Å²) in [5.41, 5.74) is 1.14. The number of benzene rings is 1. The zero-order chi connectivity index (χ0) is 10.8. The summed E-state index contributed by atoms with van der Waals surface area (Å²) in [7, 11) is 0. The van der Waals surface area contributed by atoms with Crippen molar-refractivity contribution < 1.29 is 9.90 Å². The van der Waals surface area contributed by atoms with Crippen molar-refractivity contribution in [3.8, 4) is 5.69 Å². The molecule has 0 fully saturated rings. The topological polar surface area (TPSA) is 42.2 Å². The Morgan fingerprint density at radius 1 is 1.27 bits per heavy atom. The highest BCUT2D eigenvalue weighted by atomic mass is 127. The lowest BCUT2D eigenvalue weighted by Gasteiger charge is -2.04. The van der Waals surface area contributed by atoms with Crippen LogP contribution in [0.5, 0.6) is 0 Å². The van der Waals surface area contributed by atoms with E-state index in [0.717, 1.165) is 9.26 Å². The van der Waals surface area contributed by atoms with Crippen molar-refractivity contribution >= 4 is 28.6 Å². The van der Waals surface area contributed by atoms with Gasteiger partial charge >= 0.3 is 5.97 Å². The van der Waals surface area contributed by atoms with Crippen molar-refractivity contribution in [3.63, 3.8) is 0 Å². The summed E-state index contributed by atoms with van der Waals surface area (Å²) in [6.45, 7) is 0. The maximum Gasteiger partial charge on any atom is 0.352 e. The molecule has 0 aliphatic carbocycles. The van der Waals surface area contributed by atoms with Crippen LogP contribution in [-0.2, 0) is 0 Å². The van der Waals surface area contributed by atoms with Crippen molar-refractivity contribution in [2.45, 2.75) is 0 Å². The minimum absolute atomic E-state index is 0.283. The first kappa shape index (κ1) is 10.2. The van der Waals surface area contributed by atoms with Gasteiger partial charge in [0.2, 0.25) is 0 Å². The van der Waals surface area contributed by atoms with Gasteiger partial charge in [0, 0.05) is 15.5 Å². The molecule has 0 spiro atoms. The van der Waals surface area contributed by atoms with Gasteiger partial charge in [-0.2, -0.15) is 0 Å². The predicted molar refractivity (Wildman–Crippen MR) is 65.4 cm³/mol.